The smallest absolute Gasteiger partial charge is 0.248 e. The molecule has 0 unspecified atom stereocenters. The van der Waals surface area contributed by atoms with Crippen LogP contribution in [0.15, 0.2) is 81.6 Å². The van der Waals surface area contributed by atoms with Crippen molar-refractivity contribution in [3.05, 3.63) is 78.4 Å². The largest absolute Gasteiger partial charge is 0.508 e. The lowest BCUT2D eigenvalue weighted by Crippen LogP contribution is -1.92. The van der Waals surface area contributed by atoms with Crippen LogP contribution in [0.4, 0.5) is 0 Å². The lowest BCUT2D eigenvalue weighted by atomic mass is 9.99. The molecule has 230 valence electrons. The Labute approximate surface area is 260 Å². The van der Waals surface area contributed by atoms with Gasteiger partial charge in [-0.2, -0.15) is 0 Å². The molecule has 0 bridgehead atoms. The number of aromatic nitrogens is 4. The van der Waals surface area contributed by atoms with E-state index in [4.69, 9.17) is 8.83 Å². The lowest BCUT2D eigenvalue weighted by Gasteiger charge is -2.08. The van der Waals surface area contributed by atoms with Gasteiger partial charge in [0.2, 0.25) is 23.6 Å². The maximum Gasteiger partial charge on any atom is 0.248 e. The van der Waals surface area contributed by atoms with Gasteiger partial charge in [0.25, 0.3) is 0 Å². The monoisotopic (exact) mass is 592 g/mol. The predicted octanol–water partition coefficient (Wildman–Crippen LogP) is 10.5. The molecule has 2 heterocycles. The molecule has 1 N–H and O–H groups in total. The van der Waals surface area contributed by atoms with Crippen molar-refractivity contribution in [2.75, 3.05) is 0 Å². The van der Waals surface area contributed by atoms with Crippen molar-refractivity contribution in [3.63, 3.8) is 0 Å². The lowest BCUT2D eigenvalue weighted by molar-refractivity contribution is 0.474. The van der Waals surface area contributed by atoms with Gasteiger partial charge in [0, 0.05) is 22.3 Å². The van der Waals surface area contributed by atoms with Crippen LogP contribution >= 0.6 is 0 Å². The van der Waals surface area contributed by atoms with E-state index in [2.05, 4.69) is 27.3 Å². The highest BCUT2D eigenvalue weighted by molar-refractivity contribution is 5.67. The number of rotatable bonds is 18. The number of hydrogen-bond acceptors (Lipinski definition) is 7. The summed E-state index contributed by atoms with van der Waals surface area (Å²) in [5.41, 5.74) is 4.28. The van der Waals surface area contributed by atoms with E-state index in [1.54, 1.807) is 6.07 Å². The highest BCUT2D eigenvalue weighted by atomic mass is 16.4. The van der Waals surface area contributed by atoms with Crippen molar-refractivity contribution in [1.29, 1.82) is 0 Å². The van der Waals surface area contributed by atoms with Crippen molar-refractivity contribution in [3.8, 4) is 51.6 Å². The molecule has 7 heteroatoms. The van der Waals surface area contributed by atoms with Gasteiger partial charge in [0.1, 0.15) is 5.75 Å². The molecule has 44 heavy (non-hydrogen) atoms. The highest BCUT2D eigenvalue weighted by Crippen LogP contribution is 2.32. The van der Waals surface area contributed by atoms with Crippen LogP contribution in [-0.4, -0.2) is 25.5 Å². The van der Waals surface area contributed by atoms with Gasteiger partial charge in [-0.3, -0.25) is 0 Å². The van der Waals surface area contributed by atoms with Crippen molar-refractivity contribution < 1.29 is 13.9 Å². The molecule has 5 aromatic rings. The fourth-order valence-electron chi connectivity index (χ4n) is 5.60. The molecule has 0 aliphatic heterocycles. The Kier molecular flexibility index (Phi) is 11.7. The van der Waals surface area contributed by atoms with Crippen LogP contribution in [-0.2, 0) is 6.42 Å². The molecule has 0 atom stereocenters. The van der Waals surface area contributed by atoms with Crippen LogP contribution in [0.1, 0.15) is 96.0 Å². The average Bonchev–Trinajstić information content (AvgIpc) is 3.75. The molecule has 2 aromatic heterocycles. The van der Waals surface area contributed by atoms with Gasteiger partial charge in [0.05, 0.1) is 0 Å². The third kappa shape index (κ3) is 8.88. The van der Waals surface area contributed by atoms with Gasteiger partial charge in [-0.15, -0.1) is 20.4 Å². The van der Waals surface area contributed by atoms with Crippen molar-refractivity contribution in [2.24, 2.45) is 0 Å². The van der Waals surface area contributed by atoms with Crippen LogP contribution in [0.2, 0.25) is 0 Å². The minimum absolute atomic E-state index is 0.250. The third-order valence-electron chi connectivity index (χ3n) is 8.10. The van der Waals surface area contributed by atoms with Crippen LogP contribution in [0, 0.1) is 0 Å². The molecule has 0 fully saturated rings. The number of aromatic hydroxyl groups is 1. The van der Waals surface area contributed by atoms with E-state index in [1.165, 1.54) is 77.0 Å². The molecule has 0 amide bonds. The SMILES string of the molecule is CCCCCCCCCCCCCCCc1cc(O)ccc1-c1nnc(-c2cccc(-c3nnc(-c4ccccc4)o3)c2)o1. The zero-order valence-electron chi connectivity index (χ0n) is 25.9. The third-order valence-corrected chi connectivity index (χ3v) is 8.10. The summed E-state index contributed by atoms with van der Waals surface area (Å²) in [5, 5.41) is 27.3. The van der Waals surface area contributed by atoms with Crippen LogP contribution in [0.3, 0.4) is 0 Å². The molecule has 7 nitrogen and oxygen atoms in total. The van der Waals surface area contributed by atoms with Gasteiger partial charge in [-0.25, -0.2) is 0 Å². The fourth-order valence-corrected chi connectivity index (χ4v) is 5.60. The summed E-state index contributed by atoms with van der Waals surface area (Å²) in [7, 11) is 0. The second kappa shape index (κ2) is 16.6. The first kappa shape index (κ1) is 31.2. The summed E-state index contributed by atoms with van der Waals surface area (Å²) in [5.74, 6) is 1.99. The predicted molar refractivity (Wildman–Crippen MR) is 175 cm³/mol. The molecule has 0 saturated heterocycles. The number of benzene rings is 3. The van der Waals surface area contributed by atoms with Crippen molar-refractivity contribution in [1.82, 2.24) is 20.4 Å². The zero-order valence-corrected chi connectivity index (χ0v) is 25.9. The molecule has 0 radical (unpaired) electrons. The number of phenols is 1. The summed E-state index contributed by atoms with van der Waals surface area (Å²) in [6.45, 7) is 2.27. The van der Waals surface area contributed by atoms with Crippen molar-refractivity contribution >= 4 is 0 Å². The number of hydrogen-bond donors (Lipinski definition) is 1. The van der Waals surface area contributed by atoms with Crippen molar-refractivity contribution in [2.45, 2.75) is 96.8 Å². The summed E-state index contributed by atoms with van der Waals surface area (Å²) >= 11 is 0. The molecule has 0 spiro atoms. The molecular weight excluding hydrogens is 548 g/mol. The van der Waals surface area contributed by atoms with Crippen LogP contribution < -0.4 is 0 Å². The molecule has 0 aliphatic carbocycles. The van der Waals surface area contributed by atoms with Crippen LogP contribution in [0.25, 0.3) is 45.8 Å². The van der Waals surface area contributed by atoms with E-state index in [-0.39, 0.29) is 5.75 Å². The molecule has 0 saturated carbocycles. The van der Waals surface area contributed by atoms with Crippen LogP contribution in [0.5, 0.6) is 5.75 Å². The second-order valence-corrected chi connectivity index (χ2v) is 11.6. The summed E-state index contributed by atoms with van der Waals surface area (Å²) < 4.78 is 12.1. The number of phenolic OH excluding ortho intramolecular Hbond substituents is 1. The first-order valence-electron chi connectivity index (χ1n) is 16.4. The number of unbranched alkanes of at least 4 members (excludes halogenated alkanes) is 12. The topological polar surface area (TPSA) is 98.1 Å². The normalized spacial score (nSPS) is 11.3. The maximum absolute atomic E-state index is 10.2. The molecule has 5 rings (SSSR count). The summed E-state index contributed by atoms with van der Waals surface area (Å²) in [6.07, 6.45) is 18.0. The number of aryl methyl sites for hydroxylation is 1. The average molecular weight is 593 g/mol. The van der Waals surface area contributed by atoms with E-state index in [0.29, 0.717) is 23.6 Å². The van der Waals surface area contributed by atoms with E-state index >= 15 is 0 Å². The quantitative estimate of drug-likeness (QED) is 0.101. The Balaban J connectivity index is 1.14. The maximum atomic E-state index is 10.2. The van der Waals surface area contributed by atoms with Gasteiger partial charge >= 0.3 is 0 Å². The first-order chi connectivity index (χ1) is 21.7. The first-order valence-corrected chi connectivity index (χ1v) is 16.4. The van der Waals surface area contributed by atoms with Gasteiger partial charge in [-0.05, 0) is 66.9 Å². The Hall–Kier alpha value is -4.26. The van der Waals surface area contributed by atoms with Gasteiger partial charge < -0.3 is 13.9 Å². The van der Waals surface area contributed by atoms with Gasteiger partial charge in [0.15, 0.2) is 0 Å². The second-order valence-electron chi connectivity index (χ2n) is 11.6. The Bertz CT molecular complexity index is 1560. The molecular formula is C37H44N4O3. The summed E-state index contributed by atoms with van der Waals surface area (Å²) in [6, 6.07) is 22.7. The number of nitrogens with zero attached hydrogens (tertiary/aromatic N) is 4. The minimum atomic E-state index is 0.250. The Morgan fingerprint density at radius 1 is 0.500 bits per heavy atom. The van der Waals surface area contributed by atoms with E-state index in [9.17, 15) is 5.11 Å². The Morgan fingerprint density at radius 2 is 1.00 bits per heavy atom. The minimum Gasteiger partial charge on any atom is -0.508 e. The fraction of sp³-hybridized carbons (Fsp3) is 0.405. The van der Waals surface area contributed by atoms with E-state index in [0.717, 1.165) is 40.7 Å². The van der Waals surface area contributed by atoms with Gasteiger partial charge in [-0.1, -0.05) is 108 Å². The molecule has 3 aromatic carbocycles. The molecule has 0 aliphatic rings. The Morgan fingerprint density at radius 3 is 1.61 bits per heavy atom. The standard InChI is InChI=1S/C37H44N4O3/c1-2-3-4-5-6-7-8-9-10-11-12-13-15-21-29-27-32(42)24-25-33(29)37-41-40-36(44-37)31-23-18-22-30(26-31)35-39-38-34(43-35)28-19-16-14-17-20-28/h14,16-20,22-27,42H,2-13,15,21H2,1H3. The van der Waals surface area contributed by atoms with E-state index < -0.39 is 0 Å². The zero-order chi connectivity index (χ0) is 30.4. The van der Waals surface area contributed by atoms with E-state index in [1.807, 2.05) is 66.7 Å². The highest BCUT2D eigenvalue weighted by Gasteiger charge is 2.17. The summed E-state index contributed by atoms with van der Waals surface area (Å²) in [4.78, 5) is 0.